The molecule has 1 unspecified atom stereocenters. The third-order valence-electron chi connectivity index (χ3n) is 5.42. The maximum atomic E-state index is 12.7. The third-order valence-corrected chi connectivity index (χ3v) is 5.42. The lowest BCUT2D eigenvalue weighted by Gasteiger charge is -2.21. The van der Waals surface area contributed by atoms with Crippen LogP contribution in [0, 0.1) is 20.8 Å². The van der Waals surface area contributed by atoms with Gasteiger partial charge in [-0.1, -0.05) is 11.2 Å². The van der Waals surface area contributed by atoms with Gasteiger partial charge < -0.3 is 19.5 Å². The second-order valence-corrected chi connectivity index (χ2v) is 7.25. The van der Waals surface area contributed by atoms with Crippen molar-refractivity contribution in [2.45, 2.75) is 52.6 Å². The van der Waals surface area contributed by atoms with Crippen LogP contribution in [0.4, 0.5) is 0 Å². The first-order valence-electron chi connectivity index (χ1n) is 9.54. The monoisotopic (exact) mass is 385 g/mol. The van der Waals surface area contributed by atoms with Gasteiger partial charge in [-0.25, -0.2) is 0 Å². The standard InChI is InChI=1S/C21H27N3O4/c1-13-17(6-5-7-19(13)27-4)21(26)22-16-8-9-20(25)24(11-10-16)12-18-14(2)23-28-15(18)3/h5-7,16H,8-12H2,1-4H3,(H,22,26). The second kappa shape index (κ2) is 8.46. The molecule has 1 atom stereocenters. The number of aromatic nitrogens is 1. The van der Waals surface area contributed by atoms with E-state index in [0.717, 1.165) is 22.6 Å². The Kier molecular flexibility index (Phi) is 6.02. The summed E-state index contributed by atoms with van der Waals surface area (Å²) in [5.41, 5.74) is 3.19. The molecular formula is C21H27N3O4. The molecule has 1 N–H and O–H groups in total. The number of aryl methyl sites for hydroxylation is 2. The van der Waals surface area contributed by atoms with Crippen LogP contribution in [0.1, 0.15) is 52.2 Å². The highest BCUT2D eigenvalue weighted by Crippen LogP contribution is 2.22. The zero-order valence-electron chi connectivity index (χ0n) is 16.9. The molecule has 1 aromatic heterocycles. The van der Waals surface area contributed by atoms with Crippen molar-refractivity contribution < 1.29 is 18.8 Å². The van der Waals surface area contributed by atoms with E-state index in [0.29, 0.717) is 43.7 Å². The van der Waals surface area contributed by atoms with Gasteiger partial charge in [0.15, 0.2) is 0 Å². The van der Waals surface area contributed by atoms with Crippen LogP contribution >= 0.6 is 0 Å². The number of nitrogens with one attached hydrogen (secondary N) is 1. The van der Waals surface area contributed by atoms with Gasteiger partial charge in [0.2, 0.25) is 5.91 Å². The van der Waals surface area contributed by atoms with E-state index in [1.807, 2.05) is 37.8 Å². The highest BCUT2D eigenvalue weighted by Gasteiger charge is 2.26. The van der Waals surface area contributed by atoms with E-state index < -0.39 is 0 Å². The molecule has 1 fully saturated rings. The Morgan fingerprint density at radius 2 is 2.11 bits per heavy atom. The molecule has 0 spiro atoms. The van der Waals surface area contributed by atoms with Gasteiger partial charge in [-0.3, -0.25) is 9.59 Å². The molecule has 0 saturated carbocycles. The van der Waals surface area contributed by atoms with Crippen LogP contribution in [-0.2, 0) is 11.3 Å². The van der Waals surface area contributed by atoms with Crippen molar-refractivity contribution in [3.05, 3.63) is 46.3 Å². The molecule has 2 heterocycles. The van der Waals surface area contributed by atoms with Gasteiger partial charge in [0.05, 0.1) is 19.3 Å². The van der Waals surface area contributed by atoms with Gasteiger partial charge in [0, 0.05) is 35.7 Å². The summed E-state index contributed by atoms with van der Waals surface area (Å²) in [7, 11) is 1.59. The molecule has 1 aliphatic rings. The number of carbonyl (C=O) groups excluding carboxylic acids is 2. The molecule has 0 bridgehead atoms. The zero-order chi connectivity index (χ0) is 20.3. The molecule has 2 amide bonds. The summed E-state index contributed by atoms with van der Waals surface area (Å²) >= 11 is 0. The SMILES string of the molecule is COc1cccc(C(=O)NC2CCC(=O)N(Cc3c(C)noc3C)CC2)c1C. The molecule has 7 heteroatoms. The number of carbonyl (C=O) groups is 2. The van der Waals surface area contributed by atoms with E-state index in [4.69, 9.17) is 9.26 Å². The molecule has 3 rings (SSSR count). The molecule has 2 aromatic rings. The van der Waals surface area contributed by atoms with Crippen LogP contribution < -0.4 is 10.1 Å². The van der Waals surface area contributed by atoms with Crippen LogP contribution in [0.25, 0.3) is 0 Å². The smallest absolute Gasteiger partial charge is 0.251 e. The van der Waals surface area contributed by atoms with E-state index in [1.165, 1.54) is 0 Å². The summed E-state index contributed by atoms with van der Waals surface area (Å²) in [6, 6.07) is 5.39. The van der Waals surface area contributed by atoms with Crippen LogP contribution in [0.3, 0.4) is 0 Å². The predicted octanol–water partition coefficient (Wildman–Crippen LogP) is 2.92. The van der Waals surface area contributed by atoms with E-state index in [9.17, 15) is 9.59 Å². The summed E-state index contributed by atoms with van der Waals surface area (Å²) in [6.45, 7) is 6.70. The molecule has 7 nitrogen and oxygen atoms in total. The number of ether oxygens (including phenoxy) is 1. The van der Waals surface area contributed by atoms with Crippen molar-refractivity contribution in [2.24, 2.45) is 0 Å². The number of benzene rings is 1. The van der Waals surface area contributed by atoms with E-state index in [2.05, 4.69) is 10.5 Å². The van der Waals surface area contributed by atoms with Gasteiger partial charge in [-0.05, 0) is 45.7 Å². The average molecular weight is 385 g/mol. The highest BCUT2D eigenvalue weighted by molar-refractivity contribution is 5.96. The Morgan fingerprint density at radius 3 is 2.79 bits per heavy atom. The summed E-state index contributed by atoms with van der Waals surface area (Å²) in [6.07, 6.45) is 1.75. The summed E-state index contributed by atoms with van der Waals surface area (Å²) < 4.78 is 10.5. The molecule has 1 aliphatic heterocycles. The lowest BCUT2D eigenvalue weighted by atomic mass is 10.0. The Bertz CT molecular complexity index is 855. The molecule has 28 heavy (non-hydrogen) atoms. The molecule has 150 valence electrons. The number of hydrogen-bond donors (Lipinski definition) is 1. The first kappa shape index (κ1) is 19.9. The lowest BCUT2D eigenvalue weighted by molar-refractivity contribution is -0.131. The minimum atomic E-state index is -0.131. The number of hydrogen-bond acceptors (Lipinski definition) is 5. The Labute approximate surface area is 165 Å². The largest absolute Gasteiger partial charge is 0.496 e. The van der Waals surface area contributed by atoms with Crippen molar-refractivity contribution in [3.8, 4) is 5.75 Å². The Hall–Kier alpha value is -2.83. The number of likely N-dealkylation sites (tertiary alicyclic amines) is 1. The Morgan fingerprint density at radius 1 is 1.32 bits per heavy atom. The van der Waals surface area contributed by atoms with Crippen LogP contribution in [0.15, 0.2) is 22.7 Å². The quantitative estimate of drug-likeness (QED) is 0.855. The van der Waals surface area contributed by atoms with Crippen LogP contribution in [0.5, 0.6) is 5.75 Å². The first-order chi connectivity index (χ1) is 13.4. The van der Waals surface area contributed by atoms with Crippen molar-refractivity contribution in [1.82, 2.24) is 15.4 Å². The Balaban J connectivity index is 1.65. The normalized spacial score (nSPS) is 17.4. The predicted molar refractivity (Wildman–Crippen MR) is 104 cm³/mol. The summed E-state index contributed by atoms with van der Waals surface area (Å²) in [5.74, 6) is 1.39. The van der Waals surface area contributed by atoms with E-state index in [-0.39, 0.29) is 17.9 Å². The minimum absolute atomic E-state index is 0.0447. The van der Waals surface area contributed by atoms with Crippen molar-refractivity contribution in [2.75, 3.05) is 13.7 Å². The number of methoxy groups -OCH3 is 1. The molecule has 0 radical (unpaired) electrons. The topological polar surface area (TPSA) is 84.7 Å². The van der Waals surface area contributed by atoms with Crippen molar-refractivity contribution >= 4 is 11.8 Å². The molecule has 1 aromatic carbocycles. The van der Waals surface area contributed by atoms with Gasteiger partial charge >= 0.3 is 0 Å². The lowest BCUT2D eigenvalue weighted by Crippen LogP contribution is -2.36. The van der Waals surface area contributed by atoms with Crippen LogP contribution in [0.2, 0.25) is 0 Å². The zero-order valence-corrected chi connectivity index (χ0v) is 16.9. The second-order valence-electron chi connectivity index (χ2n) is 7.25. The third kappa shape index (κ3) is 4.18. The van der Waals surface area contributed by atoms with E-state index in [1.54, 1.807) is 13.2 Å². The molecule has 1 saturated heterocycles. The molecular weight excluding hydrogens is 358 g/mol. The maximum absolute atomic E-state index is 12.7. The number of nitrogens with zero attached hydrogens (tertiary/aromatic N) is 2. The fourth-order valence-corrected chi connectivity index (χ4v) is 3.61. The van der Waals surface area contributed by atoms with Gasteiger partial charge in [0.1, 0.15) is 11.5 Å². The molecule has 0 aliphatic carbocycles. The van der Waals surface area contributed by atoms with Crippen LogP contribution in [-0.4, -0.2) is 41.6 Å². The summed E-state index contributed by atoms with van der Waals surface area (Å²) in [5, 5.41) is 7.05. The number of amides is 2. The maximum Gasteiger partial charge on any atom is 0.251 e. The van der Waals surface area contributed by atoms with Gasteiger partial charge in [-0.15, -0.1) is 0 Å². The average Bonchev–Trinajstić information content (AvgIpc) is 2.89. The van der Waals surface area contributed by atoms with Crippen molar-refractivity contribution in [1.29, 1.82) is 0 Å². The van der Waals surface area contributed by atoms with Crippen molar-refractivity contribution in [3.63, 3.8) is 0 Å². The highest BCUT2D eigenvalue weighted by atomic mass is 16.5. The number of rotatable bonds is 5. The minimum Gasteiger partial charge on any atom is -0.496 e. The fraction of sp³-hybridized carbons (Fsp3) is 0.476. The van der Waals surface area contributed by atoms with E-state index >= 15 is 0 Å². The first-order valence-corrected chi connectivity index (χ1v) is 9.54. The fourth-order valence-electron chi connectivity index (χ4n) is 3.61. The van der Waals surface area contributed by atoms with Gasteiger partial charge in [0.25, 0.3) is 5.91 Å². The summed E-state index contributed by atoms with van der Waals surface area (Å²) in [4.78, 5) is 27.1. The van der Waals surface area contributed by atoms with Gasteiger partial charge in [-0.2, -0.15) is 0 Å².